The van der Waals surface area contributed by atoms with Crippen LogP contribution in [0, 0.1) is 13.8 Å². The van der Waals surface area contributed by atoms with Crippen LogP contribution in [0.4, 0.5) is 0 Å². The van der Waals surface area contributed by atoms with Gasteiger partial charge in [0.15, 0.2) is 0 Å². The average Bonchev–Trinajstić information content (AvgIpc) is 2.39. The molecular weight excluding hydrogens is 270 g/mol. The van der Waals surface area contributed by atoms with Crippen LogP contribution in [0.3, 0.4) is 0 Å². The summed E-state index contributed by atoms with van der Waals surface area (Å²) in [6.07, 6.45) is 5.39. The molecule has 0 amide bonds. The first-order valence-electron chi connectivity index (χ1n) is 7.68. The summed E-state index contributed by atoms with van der Waals surface area (Å²) in [7, 11) is 0. The Kier molecular flexibility index (Phi) is 7.39. The lowest BCUT2D eigenvalue weighted by atomic mass is 9.96. The van der Waals surface area contributed by atoms with Gasteiger partial charge in [-0.05, 0) is 69.2 Å². The van der Waals surface area contributed by atoms with Crippen molar-refractivity contribution in [2.45, 2.75) is 65.8 Å². The van der Waals surface area contributed by atoms with E-state index in [0.29, 0.717) is 12.6 Å². The molecule has 0 bridgehead atoms. The van der Waals surface area contributed by atoms with E-state index in [1.54, 1.807) is 0 Å². The number of rotatable bonds is 8. The van der Waals surface area contributed by atoms with Crippen molar-refractivity contribution < 1.29 is 4.74 Å². The van der Waals surface area contributed by atoms with E-state index in [1.165, 1.54) is 5.56 Å². The molecule has 1 atom stereocenters. The maximum atomic E-state index is 6.30. The first-order valence-corrected chi connectivity index (χ1v) is 8.05. The summed E-state index contributed by atoms with van der Waals surface area (Å²) in [5.41, 5.74) is 9.60. The molecule has 1 rings (SSSR count). The van der Waals surface area contributed by atoms with Gasteiger partial charge in [-0.2, -0.15) is 0 Å². The molecular formula is C17H28ClNO. The first kappa shape index (κ1) is 17.3. The Morgan fingerprint density at radius 3 is 2.55 bits per heavy atom. The quantitative estimate of drug-likeness (QED) is 0.747. The number of aryl methyl sites for hydroxylation is 1. The second-order valence-corrected chi connectivity index (χ2v) is 5.89. The van der Waals surface area contributed by atoms with Gasteiger partial charge in [0.2, 0.25) is 0 Å². The van der Waals surface area contributed by atoms with Crippen LogP contribution in [-0.4, -0.2) is 12.6 Å². The Labute approximate surface area is 128 Å². The highest BCUT2D eigenvalue weighted by Crippen LogP contribution is 2.33. The van der Waals surface area contributed by atoms with Crippen LogP contribution in [0.5, 0.6) is 5.75 Å². The lowest BCUT2D eigenvalue weighted by Gasteiger charge is -2.18. The van der Waals surface area contributed by atoms with Gasteiger partial charge < -0.3 is 10.5 Å². The van der Waals surface area contributed by atoms with Crippen molar-refractivity contribution in [1.82, 2.24) is 0 Å². The molecule has 0 aromatic heterocycles. The van der Waals surface area contributed by atoms with Crippen molar-refractivity contribution in [3.63, 3.8) is 0 Å². The van der Waals surface area contributed by atoms with Crippen molar-refractivity contribution >= 4 is 11.6 Å². The molecule has 2 nitrogen and oxygen atoms in total. The summed E-state index contributed by atoms with van der Waals surface area (Å²) >= 11 is 6.30. The predicted molar refractivity (Wildman–Crippen MR) is 87.9 cm³/mol. The first-order chi connectivity index (χ1) is 9.51. The minimum Gasteiger partial charge on any atom is -0.493 e. The number of benzene rings is 1. The zero-order valence-electron chi connectivity index (χ0n) is 13.3. The molecule has 0 fully saturated rings. The SMILES string of the molecule is CCCC(N)CCCc1c(C)c(Cl)cc(C)c1OCC. The normalized spacial score (nSPS) is 12.5. The van der Waals surface area contributed by atoms with Crippen LogP contribution in [0.25, 0.3) is 0 Å². The second-order valence-electron chi connectivity index (χ2n) is 5.48. The molecule has 0 saturated carbocycles. The standard InChI is InChI=1S/C17H28ClNO/c1-5-8-14(19)9-7-10-15-13(4)16(18)11-12(3)17(15)20-6-2/h11,14H,5-10,19H2,1-4H3. The molecule has 1 aromatic rings. The second kappa shape index (κ2) is 8.53. The van der Waals surface area contributed by atoms with Crippen LogP contribution in [0.15, 0.2) is 6.07 Å². The smallest absolute Gasteiger partial charge is 0.125 e. The summed E-state index contributed by atoms with van der Waals surface area (Å²) in [5, 5.41) is 0.832. The minimum atomic E-state index is 0.316. The summed E-state index contributed by atoms with van der Waals surface area (Å²) in [4.78, 5) is 0. The van der Waals surface area contributed by atoms with Gasteiger partial charge in [0.25, 0.3) is 0 Å². The van der Waals surface area contributed by atoms with Crippen molar-refractivity contribution in [2.75, 3.05) is 6.61 Å². The minimum absolute atomic E-state index is 0.316. The number of halogens is 1. The van der Waals surface area contributed by atoms with Crippen LogP contribution >= 0.6 is 11.6 Å². The third kappa shape index (κ3) is 4.68. The molecule has 20 heavy (non-hydrogen) atoms. The van der Waals surface area contributed by atoms with Gasteiger partial charge >= 0.3 is 0 Å². The Bertz CT molecular complexity index is 431. The van der Waals surface area contributed by atoms with E-state index >= 15 is 0 Å². The van der Waals surface area contributed by atoms with E-state index in [1.807, 2.05) is 13.0 Å². The summed E-state index contributed by atoms with van der Waals surface area (Å²) in [5.74, 6) is 1.01. The molecule has 1 aromatic carbocycles. The van der Waals surface area contributed by atoms with Crippen LogP contribution in [-0.2, 0) is 6.42 Å². The zero-order valence-corrected chi connectivity index (χ0v) is 14.0. The molecule has 3 heteroatoms. The lowest BCUT2D eigenvalue weighted by molar-refractivity contribution is 0.333. The lowest BCUT2D eigenvalue weighted by Crippen LogP contribution is -2.19. The monoisotopic (exact) mass is 297 g/mol. The van der Waals surface area contributed by atoms with Gasteiger partial charge in [-0.15, -0.1) is 0 Å². The molecule has 0 aliphatic carbocycles. The van der Waals surface area contributed by atoms with E-state index in [0.717, 1.165) is 54.0 Å². The topological polar surface area (TPSA) is 35.2 Å². The Morgan fingerprint density at radius 1 is 1.25 bits per heavy atom. The number of ether oxygens (including phenoxy) is 1. The molecule has 2 N–H and O–H groups in total. The fourth-order valence-electron chi connectivity index (χ4n) is 2.62. The summed E-state index contributed by atoms with van der Waals surface area (Å²) < 4.78 is 5.82. The highest BCUT2D eigenvalue weighted by molar-refractivity contribution is 6.31. The molecule has 0 saturated heterocycles. The molecule has 0 aliphatic rings. The number of hydrogen-bond acceptors (Lipinski definition) is 2. The van der Waals surface area contributed by atoms with E-state index in [9.17, 15) is 0 Å². The molecule has 0 radical (unpaired) electrons. The number of nitrogens with two attached hydrogens (primary N) is 1. The fraction of sp³-hybridized carbons (Fsp3) is 0.647. The Morgan fingerprint density at radius 2 is 1.95 bits per heavy atom. The highest BCUT2D eigenvalue weighted by atomic mass is 35.5. The van der Waals surface area contributed by atoms with E-state index < -0.39 is 0 Å². The fourth-order valence-corrected chi connectivity index (χ4v) is 2.90. The maximum absolute atomic E-state index is 6.30. The van der Waals surface area contributed by atoms with Gasteiger partial charge in [0, 0.05) is 11.1 Å². The van der Waals surface area contributed by atoms with Crippen molar-refractivity contribution in [1.29, 1.82) is 0 Å². The van der Waals surface area contributed by atoms with Gasteiger partial charge in [0.05, 0.1) is 6.61 Å². The van der Waals surface area contributed by atoms with Crippen molar-refractivity contribution in [2.24, 2.45) is 5.73 Å². The number of hydrogen-bond donors (Lipinski definition) is 1. The largest absolute Gasteiger partial charge is 0.493 e. The molecule has 1 unspecified atom stereocenters. The van der Waals surface area contributed by atoms with E-state index in [-0.39, 0.29) is 0 Å². The van der Waals surface area contributed by atoms with Crippen molar-refractivity contribution in [3.05, 3.63) is 27.8 Å². The van der Waals surface area contributed by atoms with Crippen LogP contribution in [0.1, 0.15) is 56.2 Å². The Balaban J connectivity index is 2.81. The molecule has 114 valence electrons. The third-order valence-corrected chi connectivity index (χ3v) is 4.13. The van der Waals surface area contributed by atoms with Crippen molar-refractivity contribution in [3.8, 4) is 5.75 Å². The van der Waals surface area contributed by atoms with Gasteiger partial charge in [-0.1, -0.05) is 24.9 Å². The summed E-state index contributed by atoms with van der Waals surface area (Å²) in [6, 6.07) is 2.31. The van der Waals surface area contributed by atoms with E-state index in [4.69, 9.17) is 22.1 Å². The molecule has 0 heterocycles. The van der Waals surface area contributed by atoms with Crippen LogP contribution in [0.2, 0.25) is 5.02 Å². The highest BCUT2D eigenvalue weighted by Gasteiger charge is 2.14. The Hall–Kier alpha value is -0.730. The van der Waals surface area contributed by atoms with Gasteiger partial charge in [-0.25, -0.2) is 0 Å². The average molecular weight is 298 g/mol. The van der Waals surface area contributed by atoms with Gasteiger partial charge in [0.1, 0.15) is 5.75 Å². The maximum Gasteiger partial charge on any atom is 0.125 e. The predicted octanol–water partition coefficient (Wildman–Crippen LogP) is 4.81. The molecule has 0 spiro atoms. The zero-order chi connectivity index (χ0) is 15.1. The summed E-state index contributed by atoms with van der Waals surface area (Å²) in [6.45, 7) is 9.01. The molecule has 0 aliphatic heterocycles. The third-order valence-electron chi connectivity index (χ3n) is 3.74. The van der Waals surface area contributed by atoms with Gasteiger partial charge in [-0.3, -0.25) is 0 Å². The van der Waals surface area contributed by atoms with Crippen LogP contribution < -0.4 is 10.5 Å². The van der Waals surface area contributed by atoms with E-state index in [2.05, 4.69) is 20.8 Å².